The minimum absolute atomic E-state index is 0.0445. The van der Waals surface area contributed by atoms with E-state index in [0.29, 0.717) is 12.2 Å². The first kappa shape index (κ1) is 29.8. The second kappa shape index (κ2) is 14.3. The largest absolute Gasteiger partial charge is 0.456 e. The van der Waals surface area contributed by atoms with Crippen LogP contribution in [0.4, 0.5) is 0 Å². The molecule has 0 aromatic heterocycles. The van der Waals surface area contributed by atoms with Gasteiger partial charge in [0, 0.05) is 11.5 Å². The normalized spacial score (nSPS) is 28.8. The molecule has 4 atom stereocenters. The number of ether oxygens (including phenoxy) is 1. The molecule has 10 nitrogen and oxygen atoms in total. The van der Waals surface area contributed by atoms with Crippen LogP contribution in [0.1, 0.15) is 47.5 Å². The third-order valence-electron chi connectivity index (χ3n) is 5.59. The topological polar surface area (TPSA) is 143 Å². The quantitative estimate of drug-likeness (QED) is 0.178. The Kier molecular flexibility index (Phi) is 11.8. The number of fused-ring (bicyclic) bond motifs is 7. The van der Waals surface area contributed by atoms with Gasteiger partial charge >= 0.3 is 5.97 Å². The van der Waals surface area contributed by atoms with Crippen LogP contribution in [-0.4, -0.2) is 65.3 Å². The lowest BCUT2D eigenvalue weighted by Crippen LogP contribution is -2.57. The molecule has 0 radical (unpaired) electrons. The summed E-state index contributed by atoms with van der Waals surface area (Å²) >= 11 is 0. The molecular weight excluding hydrogens is 504 g/mol. The molecule has 12 heteroatoms. The number of carbonyl (C=O) groups excluding carboxylic acids is 5. The van der Waals surface area contributed by atoms with Crippen molar-refractivity contribution < 1.29 is 28.7 Å². The average Bonchev–Trinajstić information content (AvgIpc) is 2.81. The van der Waals surface area contributed by atoms with Crippen LogP contribution in [0.2, 0.25) is 0 Å². The Morgan fingerprint density at radius 1 is 0.944 bits per heavy atom. The Hall–Kier alpha value is -2.47. The van der Waals surface area contributed by atoms with Gasteiger partial charge in [-0.25, -0.2) is 4.79 Å². The van der Waals surface area contributed by atoms with Crippen molar-refractivity contribution in [3.63, 3.8) is 0 Å². The highest BCUT2D eigenvalue weighted by molar-refractivity contribution is 8.76. The molecule has 0 saturated carbocycles. The Labute approximate surface area is 220 Å². The smallest absolute Gasteiger partial charge is 0.329 e. The van der Waals surface area contributed by atoms with Crippen molar-refractivity contribution in [3.8, 4) is 0 Å². The number of hydrogen-bond donors (Lipinski definition) is 4. The lowest BCUT2D eigenvalue weighted by molar-refractivity contribution is -0.153. The van der Waals surface area contributed by atoms with Gasteiger partial charge in [-0.15, -0.1) is 0 Å². The molecular formula is C24H36N4O6S2. The van der Waals surface area contributed by atoms with Gasteiger partial charge in [0.2, 0.25) is 17.7 Å². The molecule has 0 aromatic rings. The van der Waals surface area contributed by atoms with E-state index in [-0.39, 0.29) is 29.7 Å². The van der Waals surface area contributed by atoms with Gasteiger partial charge in [0.15, 0.2) is 0 Å². The number of hydrogen-bond acceptors (Lipinski definition) is 8. The molecule has 2 bridgehead atoms. The maximum Gasteiger partial charge on any atom is 0.329 e. The Balaban J connectivity index is 2.55. The summed E-state index contributed by atoms with van der Waals surface area (Å²) in [5.41, 5.74) is -0.0445. The molecule has 0 aromatic carbocycles. The van der Waals surface area contributed by atoms with E-state index in [1.165, 1.54) is 27.7 Å². The zero-order valence-electron chi connectivity index (χ0n) is 21.3. The summed E-state index contributed by atoms with van der Waals surface area (Å²) in [5, 5.41) is 10.7. The van der Waals surface area contributed by atoms with Crippen molar-refractivity contribution in [1.82, 2.24) is 21.3 Å². The maximum absolute atomic E-state index is 13.2. The molecule has 1 saturated heterocycles. The van der Waals surface area contributed by atoms with Gasteiger partial charge in [0.05, 0.1) is 6.42 Å². The first-order valence-corrected chi connectivity index (χ1v) is 14.5. The summed E-state index contributed by atoms with van der Waals surface area (Å²) in [4.78, 5) is 65.2. The van der Waals surface area contributed by atoms with Crippen LogP contribution >= 0.6 is 21.6 Å². The van der Waals surface area contributed by atoms with E-state index in [4.69, 9.17) is 4.74 Å². The van der Waals surface area contributed by atoms with Crippen LogP contribution in [0, 0.1) is 11.8 Å². The lowest BCUT2D eigenvalue weighted by Gasteiger charge is -2.27. The Morgan fingerprint density at radius 2 is 1.64 bits per heavy atom. The van der Waals surface area contributed by atoms with Gasteiger partial charge in [-0.2, -0.15) is 0 Å². The van der Waals surface area contributed by atoms with Gasteiger partial charge in [0.25, 0.3) is 5.91 Å². The zero-order valence-corrected chi connectivity index (χ0v) is 22.9. The highest BCUT2D eigenvalue weighted by atomic mass is 33.1. The number of rotatable bonds is 2. The first-order chi connectivity index (χ1) is 17.0. The van der Waals surface area contributed by atoms with Crippen molar-refractivity contribution in [2.45, 2.75) is 71.7 Å². The summed E-state index contributed by atoms with van der Waals surface area (Å²) < 4.78 is 5.65. The zero-order chi connectivity index (χ0) is 26.8. The van der Waals surface area contributed by atoms with Crippen molar-refractivity contribution in [2.75, 3.05) is 11.5 Å². The van der Waals surface area contributed by atoms with Crippen molar-refractivity contribution in [3.05, 3.63) is 23.9 Å². The standard InChI is InChI=1S/C24H36N4O6S2/c1-6-16-21(30)28-20(14(4)5)24(33)34-15-9-7-8-10-35-36-12-17(22(31)25-16)26-23(32)19(13(2)3)27-18(29)11-15/h6-7,9,13-15,17,19-20H,8,10-12H2,1-5H3,(H,25,31)(H,26,32)(H,27,29)(H,28,30)/b9-7?,16-6-/t15-,17+,19+,20-/m0/s1. The Morgan fingerprint density at radius 3 is 2.28 bits per heavy atom. The third-order valence-corrected chi connectivity index (χ3v) is 8.03. The highest BCUT2D eigenvalue weighted by Crippen LogP contribution is 2.24. The fourth-order valence-corrected chi connectivity index (χ4v) is 5.66. The number of nitrogens with one attached hydrogen (secondary N) is 4. The van der Waals surface area contributed by atoms with Crippen molar-refractivity contribution >= 4 is 51.2 Å². The molecule has 1 fully saturated rings. The summed E-state index contributed by atoms with van der Waals surface area (Å²) in [5.74, 6) is -2.54. The van der Waals surface area contributed by atoms with Crippen molar-refractivity contribution in [1.29, 1.82) is 0 Å². The molecule has 36 heavy (non-hydrogen) atoms. The van der Waals surface area contributed by atoms with E-state index in [0.717, 1.165) is 0 Å². The molecule has 2 aliphatic rings. The van der Waals surface area contributed by atoms with Gasteiger partial charge in [-0.1, -0.05) is 61.4 Å². The second-order valence-electron chi connectivity index (χ2n) is 9.24. The molecule has 2 heterocycles. The van der Waals surface area contributed by atoms with Gasteiger partial charge in [-0.05, 0) is 31.3 Å². The predicted molar refractivity (Wildman–Crippen MR) is 141 cm³/mol. The minimum atomic E-state index is -1.00. The number of carbonyl (C=O) groups is 5. The minimum Gasteiger partial charge on any atom is -0.456 e. The first-order valence-electron chi connectivity index (χ1n) is 12.0. The summed E-state index contributed by atoms with van der Waals surface area (Å²) in [6.45, 7) is 8.66. The highest BCUT2D eigenvalue weighted by Gasteiger charge is 2.33. The monoisotopic (exact) mass is 540 g/mol. The van der Waals surface area contributed by atoms with Gasteiger partial charge < -0.3 is 26.0 Å². The third kappa shape index (κ3) is 8.88. The molecule has 4 N–H and O–H groups in total. The molecule has 0 unspecified atom stereocenters. The number of allylic oxidation sites excluding steroid dienone is 2. The summed E-state index contributed by atoms with van der Waals surface area (Å²) in [7, 11) is 2.95. The summed E-state index contributed by atoms with van der Waals surface area (Å²) in [6.07, 6.45) is 4.51. The van der Waals surface area contributed by atoms with Gasteiger partial charge in [0.1, 0.15) is 29.9 Å². The molecule has 0 spiro atoms. The lowest BCUT2D eigenvalue weighted by atomic mass is 10.0. The number of esters is 1. The fraction of sp³-hybridized carbons (Fsp3) is 0.625. The fourth-order valence-electron chi connectivity index (χ4n) is 3.50. The molecule has 4 amide bonds. The average molecular weight is 541 g/mol. The van der Waals surface area contributed by atoms with Crippen LogP contribution < -0.4 is 21.3 Å². The molecule has 2 aliphatic heterocycles. The van der Waals surface area contributed by atoms with E-state index in [1.54, 1.807) is 40.7 Å². The van der Waals surface area contributed by atoms with Crippen molar-refractivity contribution in [2.24, 2.45) is 11.8 Å². The van der Waals surface area contributed by atoms with Crippen LogP contribution in [0.15, 0.2) is 23.9 Å². The van der Waals surface area contributed by atoms with Gasteiger partial charge in [-0.3, -0.25) is 19.2 Å². The molecule has 2 rings (SSSR count). The number of amides is 4. The predicted octanol–water partition coefficient (Wildman–Crippen LogP) is 1.43. The Bertz CT molecular complexity index is 905. The van der Waals surface area contributed by atoms with Crippen LogP contribution in [0.3, 0.4) is 0 Å². The van der Waals surface area contributed by atoms with E-state index in [2.05, 4.69) is 21.3 Å². The van der Waals surface area contributed by atoms with E-state index < -0.39 is 53.8 Å². The van der Waals surface area contributed by atoms with E-state index in [1.807, 2.05) is 6.08 Å². The van der Waals surface area contributed by atoms with Crippen LogP contribution in [0.5, 0.6) is 0 Å². The van der Waals surface area contributed by atoms with Crippen LogP contribution in [0.25, 0.3) is 0 Å². The second-order valence-corrected chi connectivity index (χ2v) is 11.9. The molecule has 0 aliphatic carbocycles. The van der Waals surface area contributed by atoms with E-state index >= 15 is 0 Å². The maximum atomic E-state index is 13.2. The molecule has 200 valence electrons. The SMILES string of the molecule is C/C=C1\NC(=O)[C@H]2CSSCCC=C[C@@H](CC(=O)N[C@H](C(C)C)C(=O)N2)OC(=O)[C@H](C(C)C)NC1=O. The summed E-state index contributed by atoms with van der Waals surface area (Å²) in [6, 6.07) is -2.86. The van der Waals surface area contributed by atoms with E-state index in [9.17, 15) is 24.0 Å². The van der Waals surface area contributed by atoms with Crippen LogP contribution in [-0.2, 0) is 28.7 Å².